The third-order valence-corrected chi connectivity index (χ3v) is 5.10. The van der Waals surface area contributed by atoms with Crippen LogP contribution in [-0.4, -0.2) is 25.7 Å². The highest BCUT2D eigenvalue weighted by Crippen LogP contribution is 2.23. The molecular weight excluding hydrogens is 300 g/mol. The van der Waals surface area contributed by atoms with E-state index in [1.54, 1.807) is 20.8 Å². The fourth-order valence-corrected chi connectivity index (χ4v) is 3.00. The highest BCUT2D eigenvalue weighted by molar-refractivity contribution is 7.89. The average Bonchev–Trinajstić information content (AvgIpc) is 2.36. The van der Waals surface area contributed by atoms with Crippen LogP contribution in [0.3, 0.4) is 0 Å². The number of nitrogens with zero attached hydrogens (tertiary/aromatic N) is 1. The number of halogens is 1. The lowest BCUT2D eigenvalue weighted by Gasteiger charge is -2.27. The lowest BCUT2D eigenvalue weighted by molar-refractivity contribution is 0.0190. The zero-order valence-corrected chi connectivity index (χ0v) is 13.1. The van der Waals surface area contributed by atoms with Gasteiger partial charge in [-0.25, -0.2) is 13.1 Å². The Hall–Kier alpha value is -1.13. The third kappa shape index (κ3) is 3.93. The Balaban J connectivity index is 2.99. The molecule has 0 saturated carbocycles. The van der Waals surface area contributed by atoms with Crippen molar-refractivity contribution in [3.8, 4) is 6.07 Å². The van der Waals surface area contributed by atoms with Crippen LogP contribution in [-0.2, 0) is 10.0 Å². The summed E-state index contributed by atoms with van der Waals surface area (Å²) in [5, 5.41) is 18.7. The molecule has 2 N–H and O–H groups in total. The maximum atomic E-state index is 12.1. The molecule has 1 atom stereocenters. The second kappa shape index (κ2) is 6.10. The zero-order chi connectivity index (χ0) is 15.6. The lowest BCUT2D eigenvalue weighted by atomic mass is 9.93. The maximum Gasteiger partial charge on any atom is 0.242 e. The summed E-state index contributed by atoms with van der Waals surface area (Å²) in [7, 11) is -3.83. The van der Waals surface area contributed by atoms with E-state index in [-0.39, 0.29) is 27.9 Å². The van der Waals surface area contributed by atoms with E-state index in [4.69, 9.17) is 16.9 Å². The number of sulfonamides is 1. The molecule has 0 aliphatic rings. The van der Waals surface area contributed by atoms with Crippen molar-refractivity contribution in [3.05, 3.63) is 28.8 Å². The number of benzene rings is 1. The largest absolute Gasteiger partial charge is 0.389 e. The summed E-state index contributed by atoms with van der Waals surface area (Å²) in [6, 6.07) is 5.81. The third-order valence-electron chi connectivity index (χ3n) is 3.21. The first-order valence-corrected chi connectivity index (χ1v) is 7.88. The summed E-state index contributed by atoms with van der Waals surface area (Å²) < 4.78 is 26.6. The number of nitrogens with one attached hydrogen (secondary N) is 1. The molecule has 1 aromatic carbocycles. The second-order valence-corrected chi connectivity index (χ2v) is 7.24. The first-order chi connectivity index (χ1) is 9.10. The molecule has 110 valence electrons. The van der Waals surface area contributed by atoms with Crippen molar-refractivity contribution >= 4 is 21.6 Å². The lowest BCUT2D eigenvalue weighted by Crippen LogP contribution is -2.44. The van der Waals surface area contributed by atoms with Gasteiger partial charge in [0.25, 0.3) is 0 Å². The van der Waals surface area contributed by atoms with Gasteiger partial charge in [-0.15, -0.1) is 0 Å². The van der Waals surface area contributed by atoms with Gasteiger partial charge < -0.3 is 5.11 Å². The molecular formula is C13H17ClN2O3S. The highest BCUT2D eigenvalue weighted by Gasteiger charge is 2.28. The molecule has 0 aromatic heterocycles. The normalized spacial score (nSPS) is 14.8. The minimum Gasteiger partial charge on any atom is -0.389 e. The minimum absolute atomic E-state index is 0.0271. The number of hydrogen-bond acceptors (Lipinski definition) is 4. The highest BCUT2D eigenvalue weighted by atomic mass is 35.5. The van der Waals surface area contributed by atoms with Gasteiger partial charge in [-0.05, 0) is 31.0 Å². The Labute approximate surface area is 124 Å². The summed E-state index contributed by atoms with van der Waals surface area (Å²) in [5.41, 5.74) is -0.880. The predicted octanol–water partition coefficient (Wildman–Crippen LogP) is 1.90. The van der Waals surface area contributed by atoms with Crippen LogP contribution in [0.1, 0.15) is 26.3 Å². The van der Waals surface area contributed by atoms with E-state index in [0.717, 1.165) is 0 Å². The molecule has 0 amide bonds. The minimum atomic E-state index is -3.83. The Morgan fingerprint density at radius 2 is 2.10 bits per heavy atom. The molecule has 0 saturated heterocycles. The van der Waals surface area contributed by atoms with Crippen LogP contribution >= 0.6 is 11.6 Å². The Morgan fingerprint density at radius 3 is 2.55 bits per heavy atom. The van der Waals surface area contributed by atoms with E-state index >= 15 is 0 Å². The quantitative estimate of drug-likeness (QED) is 0.868. The van der Waals surface area contributed by atoms with E-state index in [1.165, 1.54) is 18.2 Å². The van der Waals surface area contributed by atoms with Crippen LogP contribution in [0.25, 0.3) is 0 Å². The van der Waals surface area contributed by atoms with Crippen LogP contribution in [0.2, 0.25) is 5.02 Å². The number of hydrogen-bond donors (Lipinski definition) is 2. The molecule has 1 aromatic rings. The van der Waals surface area contributed by atoms with Gasteiger partial charge >= 0.3 is 0 Å². The second-order valence-electron chi connectivity index (χ2n) is 5.09. The van der Waals surface area contributed by atoms with Crippen molar-refractivity contribution in [2.45, 2.75) is 31.3 Å². The summed E-state index contributed by atoms with van der Waals surface area (Å²) >= 11 is 5.87. The molecule has 0 unspecified atom stereocenters. The molecule has 0 bridgehead atoms. The Bertz CT molecular complexity index is 634. The standard InChI is InChI=1S/C13H17ClN2O3S/c1-9(2)13(3,17)8-16-20(18,19)12-5-4-10(7-15)6-11(12)14/h4-6,9,16-17H,8H2,1-3H3/t13-/m1/s1. The summed E-state index contributed by atoms with van der Waals surface area (Å²) in [6.45, 7) is 5.02. The van der Waals surface area contributed by atoms with E-state index < -0.39 is 15.6 Å². The van der Waals surface area contributed by atoms with E-state index in [2.05, 4.69) is 4.72 Å². The number of aliphatic hydroxyl groups is 1. The Kier molecular flexibility index (Phi) is 5.16. The molecule has 0 spiro atoms. The van der Waals surface area contributed by atoms with E-state index in [9.17, 15) is 13.5 Å². The molecule has 0 aliphatic carbocycles. The van der Waals surface area contributed by atoms with Gasteiger partial charge in [-0.1, -0.05) is 25.4 Å². The average molecular weight is 317 g/mol. The molecule has 0 radical (unpaired) electrons. The number of rotatable bonds is 5. The van der Waals surface area contributed by atoms with Crippen LogP contribution in [0.15, 0.2) is 23.1 Å². The van der Waals surface area contributed by atoms with Gasteiger partial charge in [0.15, 0.2) is 0 Å². The maximum absolute atomic E-state index is 12.1. The molecule has 0 aliphatic heterocycles. The van der Waals surface area contributed by atoms with Crippen LogP contribution in [0.5, 0.6) is 0 Å². The van der Waals surface area contributed by atoms with Crippen molar-refractivity contribution in [1.82, 2.24) is 4.72 Å². The SMILES string of the molecule is CC(C)[C@](C)(O)CNS(=O)(=O)c1ccc(C#N)cc1Cl. The van der Waals surface area contributed by atoms with Crippen molar-refractivity contribution in [2.24, 2.45) is 5.92 Å². The summed E-state index contributed by atoms with van der Waals surface area (Å²) in [6.07, 6.45) is 0. The number of nitriles is 1. The molecule has 7 heteroatoms. The van der Waals surface area contributed by atoms with Crippen LogP contribution < -0.4 is 4.72 Å². The summed E-state index contributed by atoms with van der Waals surface area (Å²) in [5.74, 6) is -0.110. The van der Waals surface area contributed by atoms with Crippen LogP contribution in [0.4, 0.5) is 0 Å². The van der Waals surface area contributed by atoms with Gasteiger partial charge in [-0.3, -0.25) is 0 Å². The summed E-state index contributed by atoms with van der Waals surface area (Å²) in [4.78, 5) is -0.113. The smallest absolute Gasteiger partial charge is 0.242 e. The molecule has 1 rings (SSSR count). The van der Waals surface area contributed by atoms with Gasteiger partial charge in [0.1, 0.15) is 4.90 Å². The molecule has 20 heavy (non-hydrogen) atoms. The fraction of sp³-hybridized carbons (Fsp3) is 0.462. The van der Waals surface area contributed by atoms with E-state index in [0.29, 0.717) is 0 Å². The van der Waals surface area contributed by atoms with Gasteiger partial charge in [-0.2, -0.15) is 5.26 Å². The van der Waals surface area contributed by atoms with Crippen molar-refractivity contribution in [3.63, 3.8) is 0 Å². The first kappa shape index (κ1) is 16.9. The van der Waals surface area contributed by atoms with Gasteiger partial charge in [0.05, 0.1) is 22.3 Å². The molecule has 5 nitrogen and oxygen atoms in total. The van der Waals surface area contributed by atoms with Crippen molar-refractivity contribution in [1.29, 1.82) is 5.26 Å². The molecule has 0 fully saturated rings. The van der Waals surface area contributed by atoms with E-state index in [1.807, 2.05) is 6.07 Å². The van der Waals surface area contributed by atoms with Crippen molar-refractivity contribution in [2.75, 3.05) is 6.54 Å². The Morgan fingerprint density at radius 1 is 1.50 bits per heavy atom. The first-order valence-electron chi connectivity index (χ1n) is 6.02. The monoisotopic (exact) mass is 316 g/mol. The zero-order valence-electron chi connectivity index (χ0n) is 11.5. The molecule has 0 heterocycles. The van der Waals surface area contributed by atoms with Crippen molar-refractivity contribution < 1.29 is 13.5 Å². The predicted molar refractivity (Wildman–Crippen MR) is 76.8 cm³/mol. The topological polar surface area (TPSA) is 90.2 Å². The fourth-order valence-electron chi connectivity index (χ4n) is 1.31. The van der Waals surface area contributed by atoms with Crippen LogP contribution in [0, 0.1) is 17.2 Å². The van der Waals surface area contributed by atoms with Gasteiger partial charge in [0, 0.05) is 6.54 Å². The van der Waals surface area contributed by atoms with Gasteiger partial charge in [0.2, 0.25) is 10.0 Å².